The standard InChI is InChI=1S/C17H26BrN/c1-4-19-17(14-7-5-6-12(2)10-14)16-9-8-15(18)11-13(16)3/h8-9,11-12,14,17,19H,4-7,10H2,1-3H3. The summed E-state index contributed by atoms with van der Waals surface area (Å²) in [6, 6.07) is 7.25. The number of aryl methyl sites for hydroxylation is 1. The van der Waals surface area contributed by atoms with E-state index >= 15 is 0 Å². The Morgan fingerprint density at radius 1 is 1.37 bits per heavy atom. The molecule has 1 nitrogen and oxygen atoms in total. The molecule has 1 aromatic carbocycles. The number of hydrogen-bond acceptors (Lipinski definition) is 1. The zero-order valence-corrected chi connectivity index (χ0v) is 14.0. The Bertz CT molecular complexity index is 416. The molecule has 0 saturated heterocycles. The molecule has 1 aliphatic carbocycles. The predicted octanol–water partition coefficient (Wildman–Crippen LogP) is 5.23. The SMILES string of the molecule is CCNC(c1ccc(Br)cc1C)C1CCCC(C)C1. The van der Waals surface area contributed by atoms with Gasteiger partial charge in [0.2, 0.25) is 0 Å². The Morgan fingerprint density at radius 3 is 2.79 bits per heavy atom. The summed E-state index contributed by atoms with van der Waals surface area (Å²) in [5, 5.41) is 3.73. The van der Waals surface area contributed by atoms with Gasteiger partial charge in [-0.2, -0.15) is 0 Å². The van der Waals surface area contributed by atoms with Crippen LogP contribution in [0.25, 0.3) is 0 Å². The molecule has 2 heteroatoms. The minimum absolute atomic E-state index is 0.529. The maximum Gasteiger partial charge on any atom is 0.0351 e. The zero-order chi connectivity index (χ0) is 13.8. The van der Waals surface area contributed by atoms with Crippen molar-refractivity contribution in [2.45, 2.75) is 52.5 Å². The highest BCUT2D eigenvalue weighted by Crippen LogP contribution is 2.38. The van der Waals surface area contributed by atoms with Crippen LogP contribution in [0.15, 0.2) is 22.7 Å². The largest absolute Gasteiger partial charge is 0.310 e. The molecule has 1 aliphatic rings. The van der Waals surface area contributed by atoms with Crippen molar-refractivity contribution in [1.82, 2.24) is 5.32 Å². The number of hydrogen-bond donors (Lipinski definition) is 1. The van der Waals surface area contributed by atoms with Gasteiger partial charge in [0.25, 0.3) is 0 Å². The van der Waals surface area contributed by atoms with Gasteiger partial charge >= 0.3 is 0 Å². The lowest BCUT2D eigenvalue weighted by atomic mass is 9.76. The minimum Gasteiger partial charge on any atom is -0.310 e. The van der Waals surface area contributed by atoms with Gasteiger partial charge in [-0.3, -0.25) is 0 Å². The van der Waals surface area contributed by atoms with Crippen molar-refractivity contribution in [3.63, 3.8) is 0 Å². The van der Waals surface area contributed by atoms with E-state index in [1.165, 1.54) is 41.3 Å². The summed E-state index contributed by atoms with van der Waals surface area (Å²) >= 11 is 3.57. The van der Waals surface area contributed by atoms with Crippen molar-refractivity contribution in [3.8, 4) is 0 Å². The molecule has 1 N–H and O–H groups in total. The van der Waals surface area contributed by atoms with Crippen LogP contribution in [0.2, 0.25) is 0 Å². The molecule has 0 amide bonds. The van der Waals surface area contributed by atoms with Crippen molar-refractivity contribution >= 4 is 15.9 Å². The summed E-state index contributed by atoms with van der Waals surface area (Å²) in [6.45, 7) is 7.90. The van der Waals surface area contributed by atoms with Crippen molar-refractivity contribution in [2.24, 2.45) is 11.8 Å². The van der Waals surface area contributed by atoms with E-state index in [2.05, 4.69) is 60.2 Å². The normalized spacial score (nSPS) is 25.3. The van der Waals surface area contributed by atoms with Gasteiger partial charge < -0.3 is 5.32 Å². The number of benzene rings is 1. The minimum atomic E-state index is 0.529. The van der Waals surface area contributed by atoms with Crippen LogP contribution >= 0.6 is 15.9 Å². The third-order valence-corrected chi connectivity index (χ3v) is 4.93. The molecule has 1 saturated carbocycles. The molecule has 0 bridgehead atoms. The van der Waals surface area contributed by atoms with Crippen LogP contribution in [0.5, 0.6) is 0 Å². The van der Waals surface area contributed by atoms with E-state index in [0.717, 1.165) is 18.4 Å². The highest BCUT2D eigenvalue weighted by molar-refractivity contribution is 9.10. The predicted molar refractivity (Wildman–Crippen MR) is 86.4 cm³/mol. The van der Waals surface area contributed by atoms with Gasteiger partial charge in [-0.25, -0.2) is 0 Å². The van der Waals surface area contributed by atoms with Gasteiger partial charge in [-0.05, 0) is 61.4 Å². The lowest BCUT2D eigenvalue weighted by Gasteiger charge is -2.35. The van der Waals surface area contributed by atoms with Crippen molar-refractivity contribution in [2.75, 3.05) is 6.54 Å². The Labute approximate surface area is 126 Å². The second kappa shape index (κ2) is 6.90. The smallest absolute Gasteiger partial charge is 0.0351 e. The molecular formula is C17H26BrN. The number of rotatable bonds is 4. The zero-order valence-electron chi connectivity index (χ0n) is 12.4. The van der Waals surface area contributed by atoms with Crippen LogP contribution in [0.1, 0.15) is 56.7 Å². The maximum absolute atomic E-state index is 3.73. The highest BCUT2D eigenvalue weighted by Gasteiger charge is 2.28. The fourth-order valence-electron chi connectivity index (χ4n) is 3.52. The Balaban J connectivity index is 2.23. The molecule has 0 aliphatic heterocycles. The molecule has 19 heavy (non-hydrogen) atoms. The van der Waals surface area contributed by atoms with Gasteiger partial charge in [-0.15, -0.1) is 0 Å². The first-order valence-corrected chi connectivity index (χ1v) is 8.40. The molecule has 3 unspecified atom stereocenters. The summed E-state index contributed by atoms with van der Waals surface area (Å²) in [5.41, 5.74) is 2.89. The lowest BCUT2D eigenvalue weighted by molar-refractivity contribution is 0.225. The summed E-state index contributed by atoms with van der Waals surface area (Å²) in [6.07, 6.45) is 5.54. The van der Waals surface area contributed by atoms with Gasteiger partial charge in [0.05, 0.1) is 0 Å². The monoisotopic (exact) mass is 323 g/mol. The second-order valence-electron chi connectivity index (χ2n) is 6.07. The van der Waals surface area contributed by atoms with Gasteiger partial charge in [0, 0.05) is 10.5 Å². The van der Waals surface area contributed by atoms with Crippen LogP contribution in [-0.4, -0.2) is 6.54 Å². The quantitative estimate of drug-likeness (QED) is 0.799. The third kappa shape index (κ3) is 3.82. The Kier molecular flexibility index (Phi) is 5.47. The third-order valence-electron chi connectivity index (χ3n) is 4.44. The Hall–Kier alpha value is -0.340. The van der Waals surface area contributed by atoms with Crippen molar-refractivity contribution < 1.29 is 0 Å². The second-order valence-corrected chi connectivity index (χ2v) is 6.98. The molecule has 1 aromatic rings. The number of halogens is 1. The molecule has 0 heterocycles. The fraction of sp³-hybridized carbons (Fsp3) is 0.647. The van der Waals surface area contributed by atoms with Crippen molar-refractivity contribution in [1.29, 1.82) is 0 Å². The first-order valence-electron chi connectivity index (χ1n) is 7.61. The first kappa shape index (κ1) is 15.1. The topological polar surface area (TPSA) is 12.0 Å². The Morgan fingerprint density at radius 2 is 2.16 bits per heavy atom. The molecule has 0 aromatic heterocycles. The van der Waals surface area contributed by atoms with Gasteiger partial charge in [0.1, 0.15) is 0 Å². The van der Waals surface area contributed by atoms with E-state index in [1.54, 1.807) is 0 Å². The van der Waals surface area contributed by atoms with E-state index in [0.29, 0.717) is 6.04 Å². The van der Waals surface area contributed by atoms with Crippen LogP contribution in [0.4, 0.5) is 0 Å². The van der Waals surface area contributed by atoms with Gasteiger partial charge in [-0.1, -0.05) is 48.7 Å². The molecule has 106 valence electrons. The summed E-state index contributed by atoms with van der Waals surface area (Å²) in [7, 11) is 0. The molecule has 0 spiro atoms. The fourth-order valence-corrected chi connectivity index (χ4v) is 4.00. The van der Waals surface area contributed by atoms with Crippen LogP contribution in [0.3, 0.4) is 0 Å². The average molecular weight is 324 g/mol. The summed E-state index contributed by atoms with van der Waals surface area (Å²) in [4.78, 5) is 0. The van der Waals surface area contributed by atoms with E-state index in [4.69, 9.17) is 0 Å². The highest BCUT2D eigenvalue weighted by atomic mass is 79.9. The summed E-state index contributed by atoms with van der Waals surface area (Å²) in [5.74, 6) is 1.68. The van der Waals surface area contributed by atoms with E-state index in [9.17, 15) is 0 Å². The van der Waals surface area contributed by atoms with E-state index in [-0.39, 0.29) is 0 Å². The number of nitrogens with one attached hydrogen (secondary N) is 1. The molecule has 2 rings (SSSR count). The first-order chi connectivity index (χ1) is 9.11. The average Bonchev–Trinajstić information content (AvgIpc) is 2.37. The van der Waals surface area contributed by atoms with Crippen LogP contribution < -0.4 is 5.32 Å². The molecule has 3 atom stereocenters. The molecule has 1 fully saturated rings. The maximum atomic E-state index is 3.73. The van der Waals surface area contributed by atoms with Crippen LogP contribution in [-0.2, 0) is 0 Å². The van der Waals surface area contributed by atoms with Crippen molar-refractivity contribution in [3.05, 3.63) is 33.8 Å². The van der Waals surface area contributed by atoms with Crippen LogP contribution in [0, 0.1) is 18.8 Å². The summed E-state index contributed by atoms with van der Waals surface area (Å²) < 4.78 is 1.18. The van der Waals surface area contributed by atoms with E-state index < -0.39 is 0 Å². The molecule has 0 radical (unpaired) electrons. The lowest BCUT2D eigenvalue weighted by Crippen LogP contribution is -2.31. The van der Waals surface area contributed by atoms with Gasteiger partial charge in [0.15, 0.2) is 0 Å². The van der Waals surface area contributed by atoms with E-state index in [1.807, 2.05) is 0 Å². The molecular weight excluding hydrogens is 298 g/mol.